The molecule has 0 N–H and O–H groups in total. The normalized spacial score (nSPS) is 11.6. The predicted molar refractivity (Wildman–Crippen MR) is 238 cm³/mol. The van der Waals surface area contributed by atoms with Crippen molar-refractivity contribution in [3.05, 3.63) is 188 Å². The number of benzene rings is 8. The third-order valence-corrected chi connectivity index (χ3v) is 12.8. The van der Waals surface area contributed by atoms with Crippen LogP contribution in [0, 0.1) is 0 Å². The second-order valence-electron chi connectivity index (χ2n) is 14.0. The second-order valence-corrected chi connectivity index (χ2v) is 16.1. The summed E-state index contributed by atoms with van der Waals surface area (Å²) in [7, 11) is 0. The van der Waals surface area contributed by atoms with Crippen LogP contribution in [0.15, 0.2) is 188 Å². The van der Waals surface area contributed by atoms with Gasteiger partial charge in [-0.3, -0.25) is 0 Å². The second kappa shape index (κ2) is 13.5. The number of nitrogens with zero attached hydrogens (tertiary/aromatic N) is 3. The zero-order chi connectivity index (χ0) is 37.0. The third-order valence-electron chi connectivity index (χ3n) is 10.5. The molecule has 0 saturated carbocycles. The molecule has 0 spiro atoms. The molecule has 0 unspecified atom stereocenters. The summed E-state index contributed by atoms with van der Waals surface area (Å²) in [6, 6.07) is 66.9. The van der Waals surface area contributed by atoms with Gasteiger partial charge in [0, 0.05) is 57.0 Å². The highest BCUT2D eigenvalue weighted by molar-refractivity contribution is 7.26. The minimum Gasteiger partial charge on any atom is -0.208 e. The van der Waals surface area contributed by atoms with Gasteiger partial charge < -0.3 is 0 Å². The van der Waals surface area contributed by atoms with E-state index in [1.54, 1.807) is 0 Å². The minimum absolute atomic E-state index is 0.662. The highest BCUT2D eigenvalue weighted by atomic mass is 32.1. The molecule has 0 saturated heterocycles. The van der Waals surface area contributed by atoms with Gasteiger partial charge in [0.25, 0.3) is 0 Å². The van der Waals surface area contributed by atoms with E-state index in [4.69, 9.17) is 15.0 Å². The summed E-state index contributed by atoms with van der Waals surface area (Å²) in [5, 5.41) is 5.12. The Morgan fingerprint density at radius 3 is 1.45 bits per heavy atom. The van der Waals surface area contributed by atoms with E-state index in [1.165, 1.54) is 73.7 Å². The zero-order valence-corrected chi connectivity index (χ0v) is 31.7. The Hall–Kier alpha value is -6.79. The van der Waals surface area contributed by atoms with Crippen molar-refractivity contribution in [3.63, 3.8) is 0 Å². The monoisotopic (exact) mass is 749 g/mol. The van der Waals surface area contributed by atoms with E-state index in [2.05, 4.69) is 127 Å². The molecule has 0 aliphatic rings. The highest BCUT2D eigenvalue weighted by Gasteiger charge is 2.18. The maximum atomic E-state index is 5.02. The van der Waals surface area contributed by atoms with Gasteiger partial charge in [0.15, 0.2) is 17.5 Å². The summed E-state index contributed by atoms with van der Waals surface area (Å²) in [6.45, 7) is 0. The van der Waals surface area contributed by atoms with Crippen molar-refractivity contribution in [1.82, 2.24) is 15.0 Å². The van der Waals surface area contributed by atoms with E-state index in [0.29, 0.717) is 17.5 Å². The van der Waals surface area contributed by atoms with E-state index in [1.807, 2.05) is 83.3 Å². The number of fused-ring (bicyclic) bond motifs is 6. The molecule has 262 valence electrons. The number of hydrogen-bond donors (Lipinski definition) is 0. The molecule has 5 heteroatoms. The fourth-order valence-electron chi connectivity index (χ4n) is 7.85. The number of rotatable bonds is 6. The van der Waals surface area contributed by atoms with Crippen LogP contribution in [0.3, 0.4) is 0 Å². The molecule has 0 aliphatic heterocycles. The topological polar surface area (TPSA) is 38.7 Å². The van der Waals surface area contributed by atoms with Crippen molar-refractivity contribution in [2.45, 2.75) is 0 Å². The van der Waals surface area contributed by atoms with Gasteiger partial charge in [0.1, 0.15) is 0 Å². The highest BCUT2D eigenvalue weighted by Crippen LogP contribution is 2.46. The van der Waals surface area contributed by atoms with Gasteiger partial charge >= 0.3 is 0 Å². The van der Waals surface area contributed by atoms with Crippen molar-refractivity contribution < 1.29 is 0 Å². The fourth-order valence-corrected chi connectivity index (χ4v) is 10.2. The van der Waals surface area contributed by atoms with Crippen LogP contribution in [0.1, 0.15) is 0 Å². The van der Waals surface area contributed by atoms with E-state index in [9.17, 15) is 0 Å². The number of aromatic nitrogens is 3. The standard InChI is InChI=1S/C51H31N3S2/c1-4-13-32(14-5-1)33-23-25-34(26-24-33)42-29-38(31-46-48(42)40-19-10-11-21-43(40)55-46)39-20-12-22-44-47(39)41-28-27-37(30-45(41)56-44)51-53-49(35-15-6-2-7-16-35)52-50(54-51)36-17-8-3-9-18-36/h1-31H. The van der Waals surface area contributed by atoms with Gasteiger partial charge in [-0.1, -0.05) is 158 Å². The van der Waals surface area contributed by atoms with Crippen LogP contribution in [-0.2, 0) is 0 Å². The van der Waals surface area contributed by atoms with Gasteiger partial charge in [0.05, 0.1) is 0 Å². The van der Waals surface area contributed by atoms with Crippen LogP contribution in [0.4, 0.5) is 0 Å². The molecule has 3 aromatic heterocycles. The summed E-state index contributed by atoms with van der Waals surface area (Å²) in [4.78, 5) is 14.9. The smallest absolute Gasteiger partial charge is 0.164 e. The lowest BCUT2D eigenvalue weighted by Crippen LogP contribution is -1.99. The summed E-state index contributed by atoms with van der Waals surface area (Å²) in [6.07, 6.45) is 0. The van der Waals surface area contributed by atoms with Crippen LogP contribution in [-0.4, -0.2) is 15.0 Å². The van der Waals surface area contributed by atoms with Crippen LogP contribution >= 0.6 is 22.7 Å². The van der Waals surface area contributed by atoms with Crippen LogP contribution in [0.2, 0.25) is 0 Å². The Bertz CT molecular complexity index is 3170. The summed E-state index contributed by atoms with van der Waals surface area (Å²) >= 11 is 3.69. The quantitative estimate of drug-likeness (QED) is 0.170. The Morgan fingerprint density at radius 2 is 0.750 bits per heavy atom. The first kappa shape index (κ1) is 32.6. The van der Waals surface area contributed by atoms with E-state index in [-0.39, 0.29) is 0 Å². The molecule has 0 amide bonds. The minimum atomic E-state index is 0.662. The van der Waals surface area contributed by atoms with Gasteiger partial charge in [-0.25, -0.2) is 15.0 Å². The predicted octanol–water partition coefficient (Wildman–Crippen LogP) is 14.6. The lowest BCUT2D eigenvalue weighted by Gasteiger charge is -2.12. The summed E-state index contributed by atoms with van der Waals surface area (Å²) < 4.78 is 5.05. The van der Waals surface area contributed by atoms with Crippen LogP contribution < -0.4 is 0 Å². The SMILES string of the molecule is c1ccc(-c2ccc(-c3cc(-c4cccc5sc6cc(-c7nc(-c8ccccc8)nc(-c8ccccc8)n7)ccc6c45)cc4sc5ccccc5c34)cc2)cc1. The van der Waals surface area contributed by atoms with Gasteiger partial charge in [-0.15, -0.1) is 22.7 Å². The average molecular weight is 750 g/mol. The average Bonchev–Trinajstić information content (AvgIpc) is 3.85. The van der Waals surface area contributed by atoms with Crippen molar-refractivity contribution in [3.8, 4) is 67.5 Å². The van der Waals surface area contributed by atoms with Crippen LogP contribution in [0.5, 0.6) is 0 Å². The first-order chi connectivity index (χ1) is 27.7. The Morgan fingerprint density at radius 1 is 0.268 bits per heavy atom. The molecule has 56 heavy (non-hydrogen) atoms. The Kier molecular flexibility index (Phi) is 7.87. The molecular weight excluding hydrogens is 719 g/mol. The van der Waals surface area contributed by atoms with Crippen molar-refractivity contribution in [2.75, 3.05) is 0 Å². The number of thiophene rings is 2. The molecule has 3 heterocycles. The Balaban J connectivity index is 1.07. The zero-order valence-electron chi connectivity index (χ0n) is 30.1. The molecule has 0 fully saturated rings. The van der Waals surface area contributed by atoms with E-state index in [0.717, 1.165) is 16.7 Å². The molecule has 0 atom stereocenters. The van der Waals surface area contributed by atoms with Gasteiger partial charge in [-0.2, -0.15) is 0 Å². The summed E-state index contributed by atoms with van der Waals surface area (Å²) in [5.41, 5.74) is 10.3. The lowest BCUT2D eigenvalue weighted by atomic mass is 9.92. The van der Waals surface area contributed by atoms with Crippen LogP contribution in [0.25, 0.3) is 108 Å². The van der Waals surface area contributed by atoms with E-state index >= 15 is 0 Å². The maximum Gasteiger partial charge on any atom is 0.164 e. The van der Waals surface area contributed by atoms with Crippen molar-refractivity contribution in [2.24, 2.45) is 0 Å². The third kappa shape index (κ3) is 5.68. The molecule has 11 rings (SSSR count). The lowest BCUT2D eigenvalue weighted by molar-refractivity contribution is 1.07. The van der Waals surface area contributed by atoms with Gasteiger partial charge in [-0.05, 0) is 63.7 Å². The number of hydrogen-bond acceptors (Lipinski definition) is 5. The van der Waals surface area contributed by atoms with E-state index < -0.39 is 0 Å². The van der Waals surface area contributed by atoms with Gasteiger partial charge in [0.2, 0.25) is 0 Å². The largest absolute Gasteiger partial charge is 0.208 e. The Labute approximate surface area is 331 Å². The molecule has 0 radical (unpaired) electrons. The summed E-state index contributed by atoms with van der Waals surface area (Å²) in [5.74, 6) is 1.99. The molecule has 11 aromatic rings. The molecule has 3 nitrogen and oxygen atoms in total. The molecular formula is C51H31N3S2. The first-order valence-corrected chi connectivity index (χ1v) is 20.3. The molecule has 8 aromatic carbocycles. The van der Waals surface area contributed by atoms with Crippen molar-refractivity contribution in [1.29, 1.82) is 0 Å². The molecule has 0 bridgehead atoms. The fraction of sp³-hybridized carbons (Fsp3) is 0. The molecule has 0 aliphatic carbocycles. The first-order valence-electron chi connectivity index (χ1n) is 18.7. The maximum absolute atomic E-state index is 5.02. The van der Waals surface area contributed by atoms with Crippen molar-refractivity contribution >= 4 is 63.0 Å².